The lowest BCUT2D eigenvalue weighted by Gasteiger charge is -2.23. The fraction of sp³-hybridized carbons (Fsp3) is 0.391. The smallest absolute Gasteiger partial charge is 0.264 e. The summed E-state index contributed by atoms with van der Waals surface area (Å²) in [5.74, 6) is -0.636. The number of ketones is 1. The number of nitrogens with zero attached hydrogens (tertiary/aromatic N) is 1. The van der Waals surface area contributed by atoms with Crippen LogP contribution in [0.15, 0.2) is 34.8 Å². The summed E-state index contributed by atoms with van der Waals surface area (Å²) in [5.41, 5.74) is 2.91. The molecule has 2 aromatic carbocycles. The van der Waals surface area contributed by atoms with Crippen LogP contribution in [-0.4, -0.2) is 23.3 Å². The Morgan fingerprint density at radius 3 is 2.46 bits per heavy atom. The van der Waals surface area contributed by atoms with E-state index in [0.29, 0.717) is 23.4 Å². The summed E-state index contributed by atoms with van der Waals surface area (Å²) in [6.45, 7) is 8.44. The molecule has 4 nitrogen and oxygen atoms in total. The van der Waals surface area contributed by atoms with Crippen LogP contribution in [0.1, 0.15) is 58.8 Å². The third-order valence-electron chi connectivity index (χ3n) is 5.59. The number of aryl methyl sites for hydroxylation is 3. The number of hydrogen-bond donors (Lipinski definition) is 1. The summed E-state index contributed by atoms with van der Waals surface area (Å²) in [7, 11) is 0. The number of fused-ring (bicyclic) bond motifs is 1. The normalized spacial score (nSPS) is 18.5. The van der Waals surface area contributed by atoms with Gasteiger partial charge in [0, 0.05) is 22.1 Å². The Morgan fingerprint density at radius 2 is 1.79 bits per heavy atom. The number of rotatable bonds is 6. The number of Topliss-reactive ketones (excluding diaryl/α,β-unsaturated/α-hetero) is 1. The van der Waals surface area contributed by atoms with Crippen molar-refractivity contribution in [3.8, 4) is 0 Å². The number of benzene rings is 2. The number of unbranched alkanes of at least 4 members (excludes halogenated alkanes) is 1. The van der Waals surface area contributed by atoms with Crippen molar-refractivity contribution >= 4 is 33.3 Å². The maximum absolute atomic E-state index is 13.2. The van der Waals surface area contributed by atoms with Crippen LogP contribution >= 0.6 is 15.9 Å². The summed E-state index contributed by atoms with van der Waals surface area (Å²) in [6, 6.07) is 9.26. The van der Waals surface area contributed by atoms with E-state index in [1.54, 1.807) is 11.0 Å². The van der Waals surface area contributed by atoms with E-state index in [2.05, 4.69) is 22.9 Å². The Hall–Kier alpha value is -1.98. The largest absolute Gasteiger partial charge is 0.375 e. The van der Waals surface area contributed by atoms with Crippen LogP contribution in [0.25, 0.3) is 0 Å². The maximum Gasteiger partial charge on any atom is 0.264 e. The molecule has 0 fully saturated rings. The minimum atomic E-state index is -1.84. The predicted octanol–water partition coefficient (Wildman–Crippen LogP) is 4.98. The molecule has 1 N–H and O–H groups in total. The van der Waals surface area contributed by atoms with Gasteiger partial charge in [-0.15, -0.1) is 0 Å². The number of hydrogen-bond acceptors (Lipinski definition) is 3. The summed E-state index contributed by atoms with van der Waals surface area (Å²) in [6.07, 6.45) is 1.51. The highest BCUT2D eigenvalue weighted by atomic mass is 79.9. The second-order valence-electron chi connectivity index (χ2n) is 7.68. The monoisotopic (exact) mass is 443 g/mol. The lowest BCUT2D eigenvalue weighted by atomic mass is 9.86. The highest BCUT2D eigenvalue weighted by Gasteiger charge is 2.50. The number of carbonyl (C=O) groups is 2. The van der Waals surface area contributed by atoms with Crippen LogP contribution in [0, 0.1) is 20.8 Å². The molecule has 1 unspecified atom stereocenters. The third-order valence-corrected chi connectivity index (χ3v) is 6.08. The number of amides is 1. The van der Waals surface area contributed by atoms with Crippen molar-refractivity contribution in [2.75, 3.05) is 11.4 Å². The molecular formula is C23H26BrNO3. The van der Waals surface area contributed by atoms with Crippen molar-refractivity contribution in [2.45, 2.75) is 52.6 Å². The fourth-order valence-electron chi connectivity index (χ4n) is 3.82. The van der Waals surface area contributed by atoms with Crippen molar-refractivity contribution < 1.29 is 14.7 Å². The molecule has 3 rings (SSSR count). The first-order valence-electron chi connectivity index (χ1n) is 9.64. The molecule has 1 atom stereocenters. The zero-order valence-electron chi connectivity index (χ0n) is 16.8. The molecule has 1 heterocycles. The number of halogens is 1. The molecule has 5 heteroatoms. The lowest BCUT2D eigenvalue weighted by Crippen LogP contribution is -2.42. The first kappa shape index (κ1) is 20.7. The Balaban J connectivity index is 2.01. The SMILES string of the molecule is CCCCN1C(=O)C(O)(CC(=O)c2cc(C)c(C)cc2C)c2cc(Br)ccc21. The second-order valence-corrected chi connectivity index (χ2v) is 8.60. The van der Waals surface area contributed by atoms with E-state index in [-0.39, 0.29) is 12.2 Å². The lowest BCUT2D eigenvalue weighted by molar-refractivity contribution is -0.135. The Morgan fingerprint density at radius 1 is 1.11 bits per heavy atom. The highest BCUT2D eigenvalue weighted by Crippen LogP contribution is 2.44. The molecule has 148 valence electrons. The molecule has 1 aliphatic rings. The van der Waals surface area contributed by atoms with E-state index >= 15 is 0 Å². The van der Waals surface area contributed by atoms with Crippen LogP contribution in [0.3, 0.4) is 0 Å². The first-order chi connectivity index (χ1) is 13.2. The van der Waals surface area contributed by atoms with Crippen molar-refractivity contribution in [3.05, 3.63) is 62.6 Å². The van der Waals surface area contributed by atoms with Gasteiger partial charge < -0.3 is 10.0 Å². The van der Waals surface area contributed by atoms with Gasteiger partial charge in [0.2, 0.25) is 0 Å². The van der Waals surface area contributed by atoms with Crippen molar-refractivity contribution in [2.24, 2.45) is 0 Å². The fourth-order valence-corrected chi connectivity index (χ4v) is 4.18. The average Bonchev–Trinajstić information content (AvgIpc) is 2.83. The maximum atomic E-state index is 13.2. The highest BCUT2D eigenvalue weighted by molar-refractivity contribution is 9.10. The van der Waals surface area contributed by atoms with E-state index in [1.807, 2.05) is 45.0 Å². The van der Waals surface area contributed by atoms with Gasteiger partial charge in [-0.3, -0.25) is 9.59 Å². The third kappa shape index (κ3) is 3.53. The van der Waals surface area contributed by atoms with E-state index < -0.39 is 11.5 Å². The molecule has 0 bridgehead atoms. The molecule has 0 aromatic heterocycles. The van der Waals surface area contributed by atoms with E-state index in [0.717, 1.165) is 34.0 Å². The van der Waals surface area contributed by atoms with Gasteiger partial charge in [0.25, 0.3) is 5.91 Å². The summed E-state index contributed by atoms with van der Waals surface area (Å²) in [4.78, 5) is 27.9. The van der Waals surface area contributed by atoms with Crippen molar-refractivity contribution in [1.29, 1.82) is 0 Å². The molecule has 1 amide bonds. The average molecular weight is 444 g/mol. The quantitative estimate of drug-likeness (QED) is 0.640. The molecule has 1 aliphatic heterocycles. The van der Waals surface area contributed by atoms with E-state index in [9.17, 15) is 14.7 Å². The van der Waals surface area contributed by atoms with Crippen LogP contribution in [0.5, 0.6) is 0 Å². The van der Waals surface area contributed by atoms with Crippen molar-refractivity contribution in [3.63, 3.8) is 0 Å². The predicted molar refractivity (Wildman–Crippen MR) is 115 cm³/mol. The van der Waals surface area contributed by atoms with Gasteiger partial charge in [-0.25, -0.2) is 0 Å². The van der Waals surface area contributed by atoms with Crippen LogP contribution in [0.2, 0.25) is 0 Å². The Bertz CT molecular complexity index is 953. The molecule has 0 aliphatic carbocycles. The first-order valence-corrected chi connectivity index (χ1v) is 10.4. The Labute approximate surface area is 174 Å². The minimum Gasteiger partial charge on any atom is -0.375 e. The summed E-state index contributed by atoms with van der Waals surface area (Å²) in [5, 5.41) is 11.4. The summed E-state index contributed by atoms with van der Waals surface area (Å²) >= 11 is 3.42. The van der Waals surface area contributed by atoms with Gasteiger partial charge in [-0.2, -0.15) is 0 Å². The number of aliphatic hydroxyl groups is 1. The van der Waals surface area contributed by atoms with Gasteiger partial charge in [-0.1, -0.05) is 35.3 Å². The van der Waals surface area contributed by atoms with Gasteiger partial charge in [0.05, 0.1) is 12.1 Å². The van der Waals surface area contributed by atoms with Gasteiger partial charge in [-0.05, 0) is 68.1 Å². The van der Waals surface area contributed by atoms with E-state index in [4.69, 9.17) is 0 Å². The topological polar surface area (TPSA) is 57.6 Å². The van der Waals surface area contributed by atoms with Gasteiger partial charge >= 0.3 is 0 Å². The molecule has 2 aromatic rings. The van der Waals surface area contributed by atoms with Gasteiger partial charge in [0.15, 0.2) is 11.4 Å². The molecule has 0 spiro atoms. The molecular weight excluding hydrogens is 418 g/mol. The zero-order chi connectivity index (χ0) is 20.6. The summed E-state index contributed by atoms with van der Waals surface area (Å²) < 4.78 is 0.768. The Kier molecular flexibility index (Phi) is 5.78. The van der Waals surface area contributed by atoms with Crippen molar-refractivity contribution in [1.82, 2.24) is 0 Å². The van der Waals surface area contributed by atoms with Crippen LogP contribution < -0.4 is 4.90 Å². The van der Waals surface area contributed by atoms with Crippen LogP contribution in [-0.2, 0) is 10.4 Å². The number of anilines is 1. The zero-order valence-corrected chi connectivity index (χ0v) is 18.4. The van der Waals surface area contributed by atoms with Crippen LogP contribution in [0.4, 0.5) is 5.69 Å². The second kappa shape index (κ2) is 7.80. The molecule has 0 saturated heterocycles. The standard InChI is InChI=1S/C23H26BrNO3/c1-5-6-9-25-20-8-7-17(24)12-19(20)23(28,22(25)27)13-21(26)18-11-15(3)14(2)10-16(18)4/h7-8,10-12,28H,5-6,9,13H2,1-4H3. The molecule has 28 heavy (non-hydrogen) atoms. The minimum absolute atomic E-state index is 0.222. The molecule has 0 saturated carbocycles. The molecule has 0 radical (unpaired) electrons. The van der Waals surface area contributed by atoms with E-state index in [1.165, 1.54) is 0 Å². The van der Waals surface area contributed by atoms with Gasteiger partial charge in [0.1, 0.15) is 0 Å². The number of carbonyl (C=O) groups excluding carboxylic acids is 2.